The summed E-state index contributed by atoms with van der Waals surface area (Å²) < 4.78 is 10.0. The Labute approximate surface area is 198 Å². The lowest BCUT2D eigenvalue weighted by Crippen LogP contribution is -2.22. The van der Waals surface area contributed by atoms with Crippen molar-refractivity contribution in [1.29, 1.82) is 0 Å². The topological polar surface area (TPSA) is 49.0 Å². The van der Waals surface area contributed by atoms with Crippen LogP contribution in [0.3, 0.4) is 0 Å². The molecule has 0 unspecified atom stereocenters. The third kappa shape index (κ3) is 3.60. The van der Waals surface area contributed by atoms with Gasteiger partial charge in [-0.1, -0.05) is 18.2 Å². The van der Waals surface area contributed by atoms with Gasteiger partial charge in [0.2, 0.25) is 0 Å². The molecule has 0 spiro atoms. The Morgan fingerprint density at radius 1 is 0.969 bits per heavy atom. The number of methoxy groups -OCH3 is 1. The monoisotopic (exact) mass is 533 g/mol. The number of halogens is 1. The molecule has 32 heavy (non-hydrogen) atoms. The smallest absolute Gasteiger partial charge is 0.266 e. The average molecular weight is 533 g/mol. The minimum atomic E-state index is -0.101. The van der Waals surface area contributed by atoms with E-state index in [9.17, 15) is 4.79 Å². The van der Waals surface area contributed by atoms with Crippen LogP contribution in [0.15, 0.2) is 77.7 Å². The maximum atomic E-state index is 13.5. The van der Waals surface area contributed by atoms with Gasteiger partial charge in [-0.05, 0) is 83.3 Å². The number of fused-ring (bicyclic) bond motifs is 2. The minimum absolute atomic E-state index is 0.101. The number of aromatic nitrogens is 3. The Hall–Kier alpha value is -3.39. The molecule has 5 aromatic rings. The number of hydrogen-bond donors (Lipinski definition) is 0. The van der Waals surface area contributed by atoms with E-state index in [4.69, 9.17) is 9.72 Å². The highest BCUT2D eigenvalue weighted by molar-refractivity contribution is 14.1. The Balaban J connectivity index is 1.72. The first kappa shape index (κ1) is 20.5. The Morgan fingerprint density at radius 3 is 2.53 bits per heavy atom. The van der Waals surface area contributed by atoms with E-state index in [0.29, 0.717) is 16.7 Å². The maximum Gasteiger partial charge on any atom is 0.266 e. The number of aryl methyl sites for hydroxylation is 1. The van der Waals surface area contributed by atoms with Gasteiger partial charge in [0, 0.05) is 33.3 Å². The van der Waals surface area contributed by atoms with E-state index < -0.39 is 0 Å². The predicted molar refractivity (Wildman–Crippen MR) is 138 cm³/mol. The summed E-state index contributed by atoms with van der Waals surface area (Å²) in [7, 11) is 3.65. The summed E-state index contributed by atoms with van der Waals surface area (Å²) in [5.74, 6) is 1.31. The fraction of sp³-hybridized carbons (Fsp3) is 0.0769. The summed E-state index contributed by atoms with van der Waals surface area (Å²) in [6.07, 6.45) is 6.01. The summed E-state index contributed by atoms with van der Waals surface area (Å²) in [4.78, 5) is 18.4. The van der Waals surface area contributed by atoms with Crippen LogP contribution in [0, 0.1) is 3.57 Å². The van der Waals surface area contributed by atoms with E-state index in [2.05, 4.69) is 45.5 Å². The molecule has 0 N–H and O–H groups in total. The van der Waals surface area contributed by atoms with E-state index in [0.717, 1.165) is 31.5 Å². The van der Waals surface area contributed by atoms with E-state index in [1.807, 2.05) is 73.8 Å². The van der Waals surface area contributed by atoms with Crippen molar-refractivity contribution < 1.29 is 4.74 Å². The molecule has 2 aromatic heterocycles. The third-order valence-electron chi connectivity index (χ3n) is 5.53. The van der Waals surface area contributed by atoms with Crippen molar-refractivity contribution in [2.45, 2.75) is 0 Å². The summed E-state index contributed by atoms with van der Waals surface area (Å²) in [6.45, 7) is 0. The zero-order chi connectivity index (χ0) is 22.2. The van der Waals surface area contributed by atoms with Crippen LogP contribution in [0.25, 0.3) is 39.6 Å². The molecule has 5 rings (SSSR count). The first-order chi connectivity index (χ1) is 15.5. The molecule has 0 radical (unpaired) electrons. The molecule has 0 fully saturated rings. The maximum absolute atomic E-state index is 13.5. The summed E-state index contributed by atoms with van der Waals surface area (Å²) in [5, 5.41) is 1.75. The lowest BCUT2D eigenvalue weighted by Gasteiger charge is -2.12. The number of ether oxygens (including phenoxy) is 1. The van der Waals surface area contributed by atoms with Gasteiger partial charge in [-0.25, -0.2) is 4.98 Å². The lowest BCUT2D eigenvalue weighted by atomic mass is 10.1. The van der Waals surface area contributed by atoms with E-state index in [1.54, 1.807) is 11.7 Å². The SMILES string of the molecule is COc1ccc(-n2c(/C=C/c3cn(C)c4ccccc34)nc3ccc(I)cc3c2=O)cc1. The number of benzene rings is 3. The van der Waals surface area contributed by atoms with Crippen LogP contribution < -0.4 is 10.3 Å². The quantitative estimate of drug-likeness (QED) is 0.280. The molecule has 6 heteroatoms. The molecule has 0 saturated heterocycles. The van der Waals surface area contributed by atoms with Crippen LogP contribution in [0.4, 0.5) is 0 Å². The Kier molecular flexibility index (Phi) is 5.30. The molecule has 0 amide bonds. The van der Waals surface area contributed by atoms with Gasteiger partial charge < -0.3 is 9.30 Å². The second kappa shape index (κ2) is 8.27. The molecule has 0 aliphatic carbocycles. The summed E-state index contributed by atoms with van der Waals surface area (Å²) in [5.41, 5.74) is 3.54. The molecule has 2 heterocycles. The van der Waals surface area contributed by atoms with Crippen LogP contribution >= 0.6 is 22.6 Å². The van der Waals surface area contributed by atoms with Gasteiger partial charge in [-0.3, -0.25) is 9.36 Å². The average Bonchev–Trinajstić information content (AvgIpc) is 3.14. The number of para-hydroxylation sites is 1. The molecular weight excluding hydrogens is 513 g/mol. The van der Waals surface area contributed by atoms with Gasteiger partial charge >= 0.3 is 0 Å². The van der Waals surface area contributed by atoms with Crippen molar-refractivity contribution in [2.24, 2.45) is 7.05 Å². The van der Waals surface area contributed by atoms with Gasteiger partial charge in [0.25, 0.3) is 5.56 Å². The van der Waals surface area contributed by atoms with Gasteiger partial charge in [0.1, 0.15) is 11.6 Å². The highest BCUT2D eigenvalue weighted by Crippen LogP contribution is 2.23. The molecule has 3 aromatic carbocycles. The second-order valence-corrected chi connectivity index (χ2v) is 8.76. The molecular formula is C26H20IN3O2. The number of hydrogen-bond acceptors (Lipinski definition) is 3. The van der Waals surface area contributed by atoms with Crippen molar-refractivity contribution in [3.8, 4) is 11.4 Å². The lowest BCUT2D eigenvalue weighted by molar-refractivity contribution is 0.414. The van der Waals surface area contributed by atoms with E-state index in [1.165, 1.54) is 0 Å². The van der Waals surface area contributed by atoms with Crippen LogP contribution in [0.1, 0.15) is 11.4 Å². The third-order valence-corrected chi connectivity index (χ3v) is 6.20. The normalized spacial score (nSPS) is 11.6. The number of rotatable bonds is 4. The second-order valence-electron chi connectivity index (χ2n) is 7.52. The van der Waals surface area contributed by atoms with E-state index in [-0.39, 0.29) is 5.56 Å². The van der Waals surface area contributed by atoms with Gasteiger partial charge in [0.05, 0.1) is 23.7 Å². The molecule has 0 aliphatic heterocycles. The minimum Gasteiger partial charge on any atom is -0.497 e. The summed E-state index contributed by atoms with van der Waals surface area (Å²) in [6, 6.07) is 21.4. The highest BCUT2D eigenvalue weighted by atomic mass is 127. The van der Waals surface area contributed by atoms with E-state index >= 15 is 0 Å². The van der Waals surface area contributed by atoms with Crippen LogP contribution in [-0.4, -0.2) is 21.2 Å². The molecule has 0 saturated carbocycles. The molecule has 0 atom stereocenters. The van der Waals surface area contributed by atoms with Crippen molar-refractivity contribution in [3.05, 3.63) is 98.2 Å². The Morgan fingerprint density at radius 2 is 1.75 bits per heavy atom. The summed E-state index contributed by atoms with van der Waals surface area (Å²) >= 11 is 2.21. The fourth-order valence-electron chi connectivity index (χ4n) is 3.94. The van der Waals surface area contributed by atoms with Crippen LogP contribution in [0.2, 0.25) is 0 Å². The largest absolute Gasteiger partial charge is 0.497 e. The van der Waals surface area contributed by atoms with Gasteiger partial charge in [0.15, 0.2) is 0 Å². The van der Waals surface area contributed by atoms with Gasteiger partial charge in [-0.15, -0.1) is 0 Å². The van der Waals surface area contributed by atoms with Crippen LogP contribution in [-0.2, 0) is 7.05 Å². The molecule has 158 valence electrons. The molecule has 0 bridgehead atoms. The van der Waals surface area contributed by atoms with Crippen molar-refractivity contribution >= 4 is 56.5 Å². The zero-order valence-electron chi connectivity index (χ0n) is 17.6. The number of nitrogens with zero attached hydrogens (tertiary/aromatic N) is 3. The molecule has 5 nitrogen and oxygen atoms in total. The molecule has 0 aliphatic rings. The zero-order valence-corrected chi connectivity index (χ0v) is 19.8. The van der Waals surface area contributed by atoms with Crippen molar-refractivity contribution in [2.75, 3.05) is 7.11 Å². The van der Waals surface area contributed by atoms with Crippen molar-refractivity contribution in [3.63, 3.8) is 0 Å². The predicted octanol–water partition coefficient (Wildman–Crippen LogP) is 5.66. The highest BCUT2D eigenvalue weighted by Gasteiger charge is 2.12. The first-order valence-electron chi connectivity index (χ1n) is 10.1. The standard InChI is InChI=1S/C26H20IN3O2/c1-29-16-17(21-5-3-4-6-24(21)29)7-14-25-28-23-13-8-18(27)15-22(23)26(31)30(25)19-9-11-20(32-2)12-10-19/h3-16H,1-2H3/b14-7+. The van der Waals surface area contributed by atoms with Crippen molar-refractivity contribution in [1.82, 2.24) is 14.1 Å². The van der Waals surface area contributed by atoms with Crippen LogP contribution in [0.5, 0.6) is 5.75 Å². The first-order valence-corrected chi connectivity index (χ1v) is 11.2. The fourth-order valence-corrected chi connectivity index (χ4v) is 4.43. The Bertz CT molecular complexity index is 1550. The van der Waals surface area contributed by atoms with Gasteiger partial charge in [-0.2, -0.15) is 0 Å².